The fourth-order valence-corrected chi connectivity index (χ4v) is 2.89. The summed E-state index contributed by atoms with van der Waals surface area (Å²) >= 11 is 0. The number of rotatable bonds is 14. The highest BCUT2D eigenvalue weighted by Crippen LogP contribution is 2.18. The number of nitrogens with one attached hydrogen (secondary N) is 2. The van der Waals surface area contributed by atoms with E-state index in [1.807, 2.05) is 24.3 Å². The van der Waals surface area contributed by atoms with Crippen molar-refractivity contribution in [3.63, 3.8) is 0 Å². The Bertz CT molecular complexity index is 746. The predicted octanol–water partition coefficient (Wildman–Crippen LogP) is 3.60. The Kier molecular flexibility index (Phi) is 11.0. The predicted molar refractivity (Wildman–Crippen MR) is 120 cm³/mol. The first-order chi connectivity index (χ1) is 14.7. The second kappa shape index (κ2) is 14.1. The molecule has 2 heterocycles. The van der Waals surface area contributed by atoms with Gasteiger partial charge in [0, 0.05) is 19.2 Å². The van der Waals surface area contributed by atoms with Gasteiger partial charge in [-0.2, -0.15) is 5.10 Å². The number of allylic oxidation sites excluding steroid dienone is 1. The average Bonchev–Trinajstić information content (AvgIpc) is 3.26. The number of aliphatic carboxylic acids is 1. The number of carboxylic acid groups (broad SMARTS) is 1. The van der Waals surface area contributed by atoms with Crippen molar-refractivity contribution in [1.29, 1.82) is 0 Å². The molecular weight excluding hydrogens is 382 g/mol. The van der Waals surface area contributed by atoms with E-state index in [9.17, 15) is 4.79 Å². The topological polar surface area (TPSA) is 108 Å². The molecule has 1 aromatic rings. The van der Waals surface area contributed by atoms with E-state index in [1.54, 1.807) is 6.20 Å². The first-order valence-corrected chi connectivity index (χ1v) is 10.8. The zero-order valence-electron chi connectivity index (χ0n) is 17.8. The van der Waals surface area contributed by atoms with Crippen LogP contribution in [0.5, 0.6) is 5.75 Å². The number of hydrazone groups is 1. The van der Waals surface area contributed by atoms with Crippen LogP contribution in [0.2, 0.25) is 0 Å². The maximum atomic E-state index is 10.6. The first kappa shape index (κ1) is 23.4. The number of unbranched alkanes of at least 4 members (excludes halogenated alkanes) is 4. The number of aliphatic imine (C=N–C) groups is 1. The lowest BCUT2D eigenvalue weighted by Gasteiger charge is -2.08. The molecule has 164 valence electrons. The SMILES string of the molecule is CCCCCC(/C=C/c1ncccc1OCCCCCC(=O)O)=N/NC1=NCCN1. The Hall–Kier alpha value is -2.90. The summed E-state index contributed by atoms with van der Waals surface area (Å²) in [6, 6.07) is 3.74. The van der Waals surface area contributed by atoms with Gasteiger partial charge in [0.05, 0.1) is 18.9 Å². The third-order valence-electron chi connectivity index (χ3n) is 4.54. The zero-order valence-corrected chi connectivity index (χ0v) is 17.8. The smallest absolute Gasteiger partial charge is 0.303 e. The number of pyridine rings is 1. The molecule has 2 rings (SSSR count). The molecule has 0 saturated heterocycles. The van der Waals surface area contributed by atoms with Gasteiger partial charge in [-0.1, -0.05) is 19.8 Å². The van der Waals surface area contributed by atoms with Gasteiger partial charge in [0.25, 0.3) is 0 Å². The quantitative estimate of drug-likeness (QED) is 0.243. The van der Waals surface area contributed by atoms with Crippen LogP contribution in [0.1, 0.15) is 64.0 Å². The number of carboxylic acids is 1. The summed E-state index contributed by atoms with van der Waals surface area (Å²) in [7, 11) is 0. The van der Waals surface area contributed by atoms with E-state index in [0.29, 0.717) is 19.0 Å². The molecule has 3 N–H and O–H groups in total. The lowest BCUT2D eigenvalue weighted by atomic mass is 10.1. The minimum Gasteiger partial charge on any atom is -0.491 e. The molecule has 0 radical (unpaired) electrons. The lowest BCUT2D eigenvalue weighted by Crippen LogP contribution is -2.30. The van der Waals surface area contributed by atoms with Gasteiger partial charge < -0.3 is 15.2 Å². The molecule has 0 amide bonds. The summed E-state index contributed by atoms with van der Waals surface area (Å²) < 4.78 is 5.87. The molecule has 8 heteroatoms. The molecule has 0 bridgehead atoms. The van der Waals surface area contributed by atoms with Crippen LogP contribution in [0.25, 0.3) is 6.08 Å². The summed E-state index contributed by atoms with van der Waals surface area (Å²) in [6.07, 6.45) is 12.4. The van der Waals surface area contributed by atoms with E-state index >= 15 is 0 Å². The standard InChI is InChI=1S/C22H33N5O3/c1-2-3-5-9-18(26-27-22-24-15-16-25-22)12-13-19-20(10-8-14-23-19)30-17-7-4-6-11-21(28)29/h8,10,12-14H,2-7,9,11,15-17H2,1H3,(H,28,29)(H2,24,25,27)/b13-12+,26-18-. The normalized spacial score (nSPS) is 13.9. The van der Waals surface area contributed by atoms with Crippen molar-refractivity contribution in [3.8, 4) is 5.75 Å². The Morgan fingerprint density at radius 2 is 2.17 bits per heavy atom. The van der Waals surface area contributed by atoms with E-state index in [2.05, 4.69) is 32.7 Å². The summed E-state index contributed by atoms with van der Waals surface area (Å²) in [6.45, 7) is 4.32. The largest absolute Gasteiger partial charge is 0.491 e. The Morgan fingerprint density at radius 1 is 1.30 bits per heavy atom. The third-order valence-corrected chi connectivity index (χ3v) is 4.54. The van der Waals surface area contributed by atoms with E-state index in [4.69, 9.17) is 9.84 Å². The van der Waals surface area contributed by atoms with Gasteiger partial charge >= 0.3 is 5.97 Å². The Balaban J connectivity index is 1.93. The highest BCUT2D eigenvalue weighted by atomic mass is 16.5. The van der Waals surface area contributed by atoms with E-state index < -0.39 is 5.97 Å². The molecule has 30 heavy (non-hydrogen) atoms. The third kappa shape index (κ3) is 9.54. The second-order valence-electron chi connectivity index (χ2n) is 7.10. The Morgan fingerprint density at radius 3 is 2.93 bits per heavy atom. The molecule has 1 aliphatic rings. The fourth-order valence-electron chi connectivity index (χ4n) is 2.89. The maximum Gasteiger partial charge on any atom is 0.303 e. The van der Waals surface area contributed by atoms with Crippen LogP contribution in [-0.4, -0.2) is 47.4 Å². The van der Waals surface area contributed by atoms with Crippen molar-refractivity contribution in [2.45, 2.75) is 58.3 Å². The van der Waals surface area contributed by atoms with E-state index in [-0.39, 0.29) is 6.42 Å². The minimum absolute atomic E-state index is 0.205. The molecule has 0 fully saturated rings. The van der Waals surface area contributed by atoms with Gasteiger partial charge in [-0.3, -0.25) is 9.78 Å². The molecule has 1 aliphatic heterocycles. The van der Waals surface area contributed by atoms with Gasteiger partial charge in [-0.25, -0.2) is 10.4 Å². The fraction of sp³-hybridized carbons (Fsp3) is 0.545. The molecule has 0 aliphatic carbocycles. The number of guanidine groups is 1. The number of aromatic nitrogens is 1. The van der Waals surface area contributed by atoms with Gasteiger partial charge in [0.15, 0.2) is 0 Å². The number of hydrogen-bond acceptors (Lipinski definition) is 7. The van der Waals surface area contributed by atoms with Gasteiger partial charge in [0.1, 0.15) is 11.4 Å². The average molecular weight is 416 g/mol. The molecule has 0 aromatic carbocycles. The Labute approximate surface area is 178 Å². The van der Waals surface area contributed by atoms with Crippen LogP contribution in [0.4, 0.5) is 0 Å². The van der Waals surface area contributed by atoms with Crippen molar-refractivity contribution >= 4 is 23.7 Å². The molecule has 0 unspecified atom stereocenters. The van der Waals surface area contributed by atoms with E-state index in [0.717, 1.165) is 68.8 Å². The monoisotopic (exact) mass is 415 g/mol. The van der Waals surface area contributed by atoms with Gasteiger partial charge in [-0.05, 0) is 56.4 Å². The minimum atomic E-state index is -0.753. The first-order valence-electron chi connectivity index (χ1n) is 10.8. The highest BCUT2D eigenvalue weighted by molar-refractivity contribution is 5.99. The van der Waals surface area contributed by atoms with Crippen LogP contribution in [-0.2, 0) is 4.79 Å². The summed E-state index contributed by atoms with van der Waals surface area (Å²) in [5.41, 5.74) is 4.69. The van der Waals surface area contributed by atoms with E-state index in [1.165, 1.54) is 0 Å². The van der Waals surface area contributed by atoms with Crippen LogP contribution >= 0.6 is 0 Å². The van der Waals surface area contributed by atoms with Gasteiger partial charge in [-0.15, -0.1) is 0 Å². The van der Waals surface area contributed by atoms with Gasteiger partial charge in [0.2, 0.25) is 5.96 Å². The molecule has 0 saturated carbocycles. The number of nitrogens with zero attached hydrogens (tertiary/aromatic N) is 3. The molecule has 0 atom stereocenters. The van der Waals surface area contributed by atoms with Crippen molar-refractivity contribution in [2.75, 3.05) is 19.7 Å². The van der Waals surface area contributed by atoms with Crippen LogP contribution in [0.15, 0.2) is 34.5 Å². The molecular formula is C22H33N5O3. The number of carbonyl (C=O) groups is 1. The van der Waals surface area contributed by atoms with Crippen LogP contribution in [0.3, 0.4) is 0 Å². The molecule has 8 nitrogen and oxygen atoms in total. The van der Waals surface area contributed by atoms with Crippen molar-refractivity contribution in [1.82, 2.24) is 15.7 Å². The maximum absolute atomic E-state index is 10.6. The molecule has 1 aromatic heterocycles. The summed E-state index contributed by atoms with van der Waals surface area (Å²) in [4.78, 5) is 19.3. The van der Waals surface area contributed by atoms with Crippen molar-refractivity contribution < 1.29 is 14.6 Å². The molecule has 0 spiro atoms. The van der Waals surface area contributed by atoms with Crippen molar-refractivity contribution in [2.24, 2.45) is 10.1 Å². The van der Waals surface area contributed by atoms with Crippen LogP contribution < -0.4 is 15.5 Å². The summed E-state index contributed by atoms with van der Waals surface area (Å²) in [5.74, 6) is 0.674. The second-order valence-corrected chi connectivity index (χ2v) is 7.10. The number of hydrogen-bond donors (Lipinski definition) is 3. The highest BCUT2D eigenvalue weighted by Gasteiger charge is 2.05. The van der Waals surface area contributed by atoms with Crippen molar-refractivity contribution in [3.05, 3.63) is 30.1 Å². The lowest BCUT2D eigenvalue weighted by molar-refractivity contribution is -0.137. The zero-order chi connectivity index (χ0) is 21.4. The number of ether oxygens (including phenoxy) is 1. The van der Waals surface area contributed by atoms with Crippen LogP contribution in [0, 0.1) is 0 Å². The summed E-state index contributed by atoms with van der Waals surface area (Å²) in [5, 5.41) is 16.3.